The maximum atomic E-state index is 3.40. The molecular formula is C8H17NS. The molecule has 0 amide bonds. The molecule has 1 N–H and O–H groups in total. The average molecular weight is 159 g/mol. The van der Waals surface area contributed by atoms with Gasteiger partial charge in [-0.15, -0.1) is 0 Å². The first-order valence-electron chi connectivity index (χ1n) is 4.10. The highest BCUT2D eigenvalue weighted by atomic mass is 32.2. The summed E-state index contributed by atoms with van der Waals surface area (Å²) in [6.07, 6.45) is 4.16. The predicted octanol–water partition coefficient (Wildman–Crippen LogP) is 1.88. The molecule has 0 heterocycles. The number of thioether (sulfide) groups is 1. The summed E-state index contributed by atoms with van der Waals surface area (Å²) in [5.74, 6) is 2.59. The second kappa shape index (κ2) is 3.63. The molecule has 0 unspecified atom stereocenters. The summed E-state index contributed by atoms with van der Waals surface area (Å²) >= 11 is 2.05. The molecule has 1 saturated carbocycles. The van der Waals surface area contributed by atoms with Crippen LogP contribution in [0.25, 0.3) is 0 Å². The fraction of sp³-hybridized carbons (Fsp3) is 1.00. The Balaban J connectivity index is 2.01. The normalized spacial score (nSPS) is 21.0. The number of rotatable bonds is 5. The molecule has 0 aromatic rings. The van der Waals surface area contributed by atoms with Crippen molar-refractivity contribution in [2.75, 3.05) is 18.6 Å². The second-order valence-electron chi connectivity index (χ2n) is 2.98. The maximum absolute atomic E-state index is 3.40. The van der Waals surface area contributed by atoms with Gasteiger partial charge in [-0.3, -0.25) is 0 Å². The fourth-order valence-electron chi connectivity index (χ4n) is 1.19. The zero-order valence-electron chi connectivity index (χ0n) is 6.94. The van der Waals surface area contributed by atoms with Gasteiger partial charge in [-0.1, -0.05) is 6.92 Å². The van der Waals surface area contributed by atoms with E-state index in [0.29, 0.717) is 5.54 Å². The van der Waals surface area contributed by atoms with Crippen LogP contribution in [0.15, 0.2) is 0 Å². The summed E-state index contributed by atoms with van der Waals surface area (Å²) in [6.45, 7) is 2.23. The minimum absolute atomic E-state index is 0.572. The van der Waals surface area contributed by atoms with Crippen molar-refractivity contribution >= 4 is 11.8 Å². The lowest BCUT2D eigenvalue weighted by atomic mass is 10.2. The van der Waals surface area contributed by atoms with Crippen molar-refractivity contribution in [2.24, 2.45) is 0 Å². The van der Waals surface area contributed by atoms with Crippen molar-refractivity contribution in [1.29, 1.82) is 0 Å². The first-order chi connectivity index (χ1) is 4.83. The van der Waals surface area contributed by atoms with Gasteiger partial charge in [-0.05, 0) is 37.8 Å². The van der Waals surface area contributed by atoms with Crippen LogP contribution in [0, 0.1) is 0 Å². The molecule has 0 bridgehead atoms. The molecule has 1 aliphatic rings. The molecule has 1 rings (SSSR count). The highest BCUT2D eigenvalue weighted by Crippen LogP contribution is 2.38. The third-order valence-electron chi connectivity index (χ3n) is 2.31. The lowest BCUT2D eigenvalue weighted by Crippen LogP contribution is -2.27. The van der Waals surface area contributed by atoms with Crippen LogP contribution in [0.2, 0.25) is 0 Å². The van der Waals surface area contributed by atoms with Gasteiger partial charge in [0.1, 0.15) is 0 Å². The maximum Gasteiger partial charge on any atom is 0.0187 e. The van der Waals surface area contributed by atoms with Crippen LogP contribution in [0.1, 0.15) is 26.2 Å². The molecule has 0 aromatic heterocycles. The molecule has 1 fully saturated rings. The largest absolute Gasteiger partial charge is 0.314 e. The summed E-state index contributed by atoms with van der Waals surface area (Å²) in [5, 5.41) is 3.40. The van der Waals surface area contributed by atoms with Gasteiger partial charge in [0, 0.05) is 5.54 Å². The topological polar surface area (TPSA) is 12.0 Å². The lowest BCUT2D eigenvalue weighted by Gasteiger charge is -2.12. The van der Waals surface area contributed by atoms with Gasteiger partial charge in [-0.2, -0.15) is 11.8 Å². The first kappa shape index (κ1) is 8.41. The van der Waals surface area contributed by atoms with Gasteiger partial charge in [0.25, 0.3) is 0 Å². The smallest absolute Gasteiger partial charge is 0.0187 e. The molecule has 1 aliphatic carbocycles. The van der Waals surface area contributed by atoms with Crippen LogP contribution < -0.4 is 5.32 Å². The summed E-state index contributed by atoms with van der Waals surface area (Å²) in [6, 6.07) is 0. The van der Waals surface area contributed by atoms with Crippen molar-refractivity contribution in [1.82, 2.24) is 5.32 Å². The molecule has 60 valence electrons. The highest BCUT2D eigenvalue weighted by Gasteiger charge is 2.39. The van der Waals surface area contributed by atoms with Crippen LogP contribution >= 0.6 is 11.8 Å². The Morgan fingerprint density at radius 1 is 1.50 bits per heavy atom. The predicted molar refractivity (Wildman–Crippen MR) is 48.6 cm³/mol. The molecule has 2 heteroatoms. The van der Waals surface area contributed by atoms with Gasteiger partial charge in [0.2, 0.25) is 0 Å². The second-order valence-corrected chi connectivity index (χ2v) is 4.37. The zero-order chi connectivity index (χ0) is 7.45. The third-order valence-corrected chi connectivity index (χ3v) is 3.21. The molecule has 0 atom stereocenters. The van der Waals surface area contributed by atoms with Crippen molar-refractivity contribution in [3.8, 4) is 0 Å². The van der Waals surface area contributed by atoms with Gasteiger partial charge < -0.3 is 5.32 Å². The molecule has 0 spiro atoms. The van der Waals surface area contributed by atoms with Gasteiger partial charge in [0.15, 0.2) is 0 Å². The van der Waals surface area contributed by atoms with E-state index in [9.17, 15) is 0 Å². The van der Waals surface area contributed by atoms with Crippen LogP contribution in [-0.2, 0) is 0 Å². The van der Waals surface area contributed by atoms with Crippen molar-refractivity contribution in [3.05, 3.63) is 0 Å². The van der Waals surface area contributed by atoms with Crippen LogP contribution in [0.5, 0.6) is 0 Å². The highest BCUT2D eigenvalue weighted by molar-refractivity contribution is 7.99. The van der Waals surface area contributed by atoms with Crippen molar-refractivity contribution in [2.45, 2.75) is 31.7 Å². The van der Waals surface area contributed by atoms with E-state index >= 15 is 0 Å². The van der Waals surface area contributed by atoms with E-state index in [4.69, 9.17) is 0 Å². The van der Waals surface area contributed by atoms with Crippen LogP contribution in [0.3, 0.4) is 0 Å². The fourth-order valence-corrected chi connectivity index (χ4v) is 2.01. The molecular weight excluding hydrogens is 142 g/mol. The molecule has 0 aliphatic heterocycles. The number of nitrogens with one attached hydrogen (secondary N) is 1. The van der Waals surface area contributed by atoms with E-state index in [0.717, 1.165) is 0 Å². The van der Waals surface area contributed by atoms with Gasteiger partial charge in [-0.25, -0.2) is 0 Å². The van der Waals surface area contributed by atoms with E-state index in [1.807, 2.05) is 0 Å². The molecule has 0 aromatic carbocycles. The Bertz CT molecular complexity index is 99.4. The zero-order valence-corrected chi connectivity index (χ0v) is 7.76. The van der Waals surface area contributed by atoms with Crippen molar-refractivity contribution in [3.63, 3.8) is 0 Å². The molecule has 1 nitrogen and oxygen atoms in total. The van der Waals surface area contributed by atoms with Gasteiger partial charge >= 0.3 is 0 Å². The molecule has 0 radical (unpaired) electrons. The Morgan fingerprint density at radius 2 is 2.20 bits per heavy atom. The Morgan fingerprint density at radius 3 is 2.60 bits per heavy atom. The Kier molecular flexibility index (Phi) is 3.05. The van der Waals surface area contributed by atoms with Crippen molar-refractivity contribution < 1.29 is 0 Å². The van der Waals surface area contributed by atoms with Gasteiger partial charge in [0.05, 0.1) is 0 Å². The molecule has 10 heavy (non-hydrogen) atoms. The first-order valence-corrected chi connectivity index (χ1v) is 5.25. The van der Waals surface area contributed by atoms with E-state index in [1.165, 1.54) is 30.8 Å². The van der Waals surface area contributed by atoms with E-state index in [2.05, 4.69) is 31.1 Å². The summed E-state index contributed by atoms with van der Waals surface area (Å²) < 4.78 is 0. The summed E-state index contributed by atoms with van der Waals surface area (Å²) in [7, 11) is 2.09. The lowest BCUT2D eigenvalue weighted by molar-refractivity contribution is 0.538. The quantitative estimate of drug-likeness (QED) is 0.615. The van der Waals surface area contributed by atoms with E-state index in [-0.39, 0.29) is 0 Å². The Hall–Kier alpha value is 0.310. The Labute approximate surface area is 68.0 Å². The van der Waals surface area contributed by atoms with Crippen LogP contribution in [0.4, 0.5) is 0 Å². The van der Waals surface area contributed by atoms with E-state index < -0.39 is 0 Å². The summed E-state index contributed by atoms with van der Waals surface area (Å²) in [5.41, 5.74) is 0.572. The monoisotopic (exact) mass is 159 g/mol. The summed E-state index contributed by atoms with van der Waals surface area (Å²) in [4.78, 5) is 0. The minimum atomic E-state index is 0.572. The average Bonchev–Trinajstić information content (AvgIpc) is 2.70. The third kappa shape index (κ3) is 2.17. The minimum Gasteiger partial charge on any atom is -0.314 e. The SMILES string of the molecule is CCSCCC1(NC)CC1. The standard InChI is InChI=1S/C8H17NS/c1-3-10-7-6-8(9-2)4-5-8/h9H,3-7H2,1-2H3. The molecule has 0 saturated heterocycles. The number of hydrogen-bond donors (Lipinski definition) is 1. The van der Waals surface area contributed by atoms with E-state index in [1.54, 1.807) is 0 Å². The van der Waals surface area contributed by atoms with Crippen LogP contribution in [-0.4, -0.2) is 24.1 Å². The number of hydrogen-bond acceptors (Lipinski definition) is 2.